The SMILES string of the molecule is CCSc1ccccc1C(=O)Nc1sc2c(c1C(=O)OC)CCCCC2. The van der Waals surface area contributed by atoms with Crippen molar-refractivity contribution in [3.8, 4) is 0 Å². The van der Waals surface area contributed by atoms with Crippen LogP contribution in [-0.2, 0) is 17.6 Å². The second-order valence-electron chi connectivity index (χ2n) is 6.14. The molecule has 0 saturated carbocycles. The average Bonchev–Trinajstić information content (AvgIpc) is 2.82. The highest BCUT2D eigenvalue weighted by Crippen LogP contribution is 2.38. The molecule has 0 saturated heterocycles. The number of fused-ring (bicyclic) bond motifs is 1. The van der Waals surface area contributed by atoms with Gasteiger partial charge < -0.3 is 10.1 Å². The van der Waals surface area contributed by atoms with E-state index in [1.54, 1.807) is 11.8 Å². The monoisotopic (exact) mass is 389 g/mol. The molecule has 6 heteroatoms. The third-order valence-corrected chi connectivity index (χ3v) is 6.63. The van der Waals surface area contributed by atoms with Crippen molar-refractivity contribution in [1.82, 2.24) is 0 Å². The van der Waals surface area contributed by atoms with Gasteiger partial charge in [-0.1, -0.05) is 25.5 Å². The van der Waals surface area contributed by atoms with Crippen LogP contribution >= 0.6 is 23.1 Å². The Morgan fingerprint density at radius 3 is 2.73 bits per heavy atom. The van der Waals surface area contributed by atoms with E-state index in [4.69, 9.17) is 4.74 Å². The molecule has 1 aromatic heterocycles. The highest BCUT2D eigenvalue weighted by molar-refractivity contribution is 7.99. The Morgan fingerprint density at radius 2 is 1.96 bits per heavy atom. The number of hydrogen-bond acceptors (Lipinski definition) is 5. The number of carbonyl (C=O) groups is 2. The molecule has 138 valence electrons. The van der Waals surface area contributed by atoms with Crippen LogP contribution in [0.15, 0.2) is 29.2 Å². The standard InChI is InChI=1S/C20H23NO3S2/c1-3-25-15-11-8-7-10-14(15)18(22)21-19-17(20(23)24-2)13-9-5-4-6-12-16(13)26-19/h7-8,10-11H,3-6,9,12H2,1-2H3,(H,21,22). The summed E-state index contributed by atoms with van der Waals surface area (Å²) in [6.07, 6.45) is 5.19. The first-order chi connectivity index (χ1) is 12.7. The van der Waals surface area contributed by atoms with E-state index < -0.39 is 0 Å². The van der Waals surface area contributed by atoms with Crippen LogP contribution < -0.4 is 5.32 Å². The number of aryl methyl sites for hydroxylation is 1. The fraction of sp³-hybridized carbons (Fsp3) is 0.400. The summed E-state index contributed by atoms with van der Waals surface area (Å²) < 4.78 is 5.00. The third-order valence-electron chi connectivity index (χ3n) is 4.47. The molecule has 0 aliphatic heterocycles. The Hall–Kier alpha value is -1.79. The van der Waals surface area contributed by atoms with Crippen LogP contribution in [0, 0.1) is 0 Å². The number of carbonyl (C=O) groups excluding carboxylic acids is 2. The van der Waals surface area contributed by atoms with Gasteiger partial charge >= 0.3 is 5.97 Å². The van der Waals surface area contributed by atoms with Gasteiger partial charge in [0, 0.05) is 9.77 Å². The van der Waals surface area contributed by atoms with Crippen molar-refractivity contribution in [3.05, 3.63) is 45.8 Å². The number of benzene rings is 1. The Morgan fingerprint density at radius 1 is 1.19 bits per heavy atom. The summed E-state index contributed by atoms with van der Waals surface area (Å²) in [4.78, 5) is 27.4. The minimum atomic E-state index is -0.365. The zero-order chi connectivity index (χ0) is 18.5. The zero-order valence-electron chi connectivity index (χ0n) is 15.1. The molecule has 0 spiro atoms. The van der Waals surface area contributed by atoms with Crippen LogP contribution in [0.25, 0.3) is 0 Å². The lowest BCUT2D eigenvalue weighted by molar-refractivity contribution is 0.0601. The summed E-state index contributed by atoms with van der Waals surface area (Å²) in [5.74, 6) is 0.351. The molecule has 1 aliphatic carbocycles. The van der Waals surface area contributed by atoms with Crippen LogP contribution in [-0.4, -0.2) is 24.7 Å². The van der Waals surface area contributed by atoms with Crippen molar-refractivity contribution < 1.29 is 14.3 Å². The number of ether oxygens (including phenoxy) is 1. The number of methoxy groups -OCH3 is 1. The lowest BCUT2D eigenvalue weighted by atomic mass is 10.1. The molecule has 2 aromatic rings. The first-order valence-electron chi connectivity index (χ1n) is 8.91. The van der Waals surface area contributed by atoms with Crippen LogP contribution in [0.2, 0.25) is 0 Å². The lowest BCUT2D eigenvalue weighted by Gasteiger charge is -2.10. The molecule has 0 fully saturated rings. The number of thiophene rings is 1. The van der Waals surface area contributed by atoms with Gasteiger partial charge in [0.25, 0.3) is 5.91 Å². The maximum absolute atomic E-state index is 12.9. The van der Waals surface area contributed by atoms with E-state index in [9.17, 15) is 9.59 Å². The normalized spacial score (nSPS) is 13.6. The van der Waals surface area contributed by atoms with E-state index in [1.807, 2.05) is 24.3 Å². The Balaban J connectivity index is 1.95. The maximum atomic E-state index is 12.9. The van der Waals surface area contributed by atoms with Gasteiger partial charge in [-0.3, -0.25) is 4.79 Å². The second-order valence-corrected chi connectivity index (χ2v) is 8.55. The van der Waals surface area contributed by atoms with E-state index in [-0.39, 0.29) is 11.9 Å². The van der Waals surface area contributed by atoms with E-state index in [0.29, 0.717) is 16.1 Å². The Labute approximate surface area is 162 Å². The molecule has 1 heterocycles. The van der Waals surface area contributed by atoms with Gasteiger partial charge in [-0.25, -0.2) is 4.79 Å². The maximum Gasteiger partial charge on any atom is 0.341 e. The quantitative estimate of drug-likeness (QED) is 0.435. The molecular weight excluding hydrogens is 366 g/mol. The average molecular weight is 390 g/mol. The van der Waals surface area contributed by atoms with Crippen LogP contribution in [0.4, 0.5) is 5.00 Å². The van der Waals surface area contributed by atoms with E-state index in [1.165, 1.54) is 29.7 Å². The summed E-state index contributed by atoms with van der Waals surface area (Å²) in [6.45, 7) is 2.06. The fourth-order valence-corrected chi connectivity index (χ4v) is 5.33. The first-order valence-corrected chi connectivity index (χ1v) is 10.7. The van der Waals surface area contributed by atoms with Gasteiger partial charge in [-0.15, -0.1) is 23.1 Å². The second kappa shape index (κ2) is 8.73. The number of thioether (sulfide) groups is 1. The summed E-state index contributed by atoms with van der Waals surface area (Å²) >= 11 is 3.16. The molecular formula is C20H23NO3S2. The third kappa shape index (κ3) is 3.96. The summed E-state index contributed by atoms with van der Waals surface area (Å²) in [5, 5.41) is 3.60. The zero-order valence-corrected chi connectivity index (χ0v) is 16.7. The molecule has 0 unspecified atom stereocenters. The highest BCUT2D eigenvalue weighted by Gasteiger charge is 2.26. The highest BCUT2D eigenvalue weighted by atomic mass is 32.2. The largest absolute Gasteiger partial charge is 0.465 e. The fourth-order valence-electron chi connectivity index (χ4n) is 3.25. The molecule has 1 aromatic carbocycles. The number of esters is 1. The van der Waals surface area contributed by atoms with Crippen molar-refractivity contribution in [3.63, 3.8) is 0 Å². The molecule has 26 heavy (non-hydrogen) atoms. The molecule has 1 aliphatic rings. The minimum Gasteiger partial charge on any atom is -0.465 e. The molecule has 0 radical (unpaired) electrons. The van der Waals surface area contributed by atoms with Crippen LogP contribution in [0.5, 0.6) is 0 Å². The van der Waals surface area contributed by atoms with E-state index in [0.717, 1.165) is 41.9 Å². The Kier molecular flexibility index (Phi) is 6.38. The predicted molar refractivity (Wildman–Crippen MR) is 108 cm³/mol. The van der Waals surface area contributed by atoms with Gasteiger partial charge in [0.15, 0.2) is 0 Å². The van der Waals surface area contributed by atoms with Crippen molar-refractivity contribution in [2.45, 2.75) is 43.9 Å². The van der Waals surface area contributed by atoms with Gasteiger partial charge in [-0.2, -0.15) is 0 Å². The number of amides is 1. The van der Waals surface area contributed by atoms with Gasteiger partial charge in [0.1, 0.15) is 5.00 Å². The van der Waals surface area contributed by atoms with Crippen LogP contribution in [0.3, 0.4) is 0 Å². The van der Waals surface area contributed by atoms with E-state index in [2.05, 4.69) is 12.2 Å². The van der Waals surface area contributed by atoms with Crippen LogP contribution in [0.1, 0.15) is 57.3 Å². The van der Waals surface area contributed by atoms with Crippen molar-refractivity contribution in [2.24, 2.45) is 0 Å². The number of anilines is 1. The van der Waals surface area contributed by atoms with Crippen molar-refractivity contribution in [2.75, 3.05) is 18.2 Å². The molecule has 1 N–H and O–H groups in total. The molecule has 4 nitrogen and oxygen atoms in total. The molecule has 1 amide bonds. The summed E-state index contributed by atoms with van der Waals surface area (Å²) in [6, 6.07) is 7.57. The number of rotatable bonds is 5. The number of nitrogens with one attached hydrogen (secondary N) is 1. The topological polar surface area (TPSA) is 55.4 Å². The van der Waals surface area contributed by atoms with Gasteiger partial charge in [0.2, 0.25) is 0 Å². The van der Waals surface area contributed by atoms with Gasteiger partial charge in [0.05, 0.1) is 18.2 Å². The first kappa shape index (κ1) is 19.0. The summed E-state index contributed by atoms with van der Waals surface area (Å²) in [5.41, 5.74) is 2.24. The Bertz CT molecular complexity index is 813. The van der Waals surface area contributed by atoms with Crippen molar-refractivity contribution >= 4 is 40.0 Å². The predicted octanol–water partition coefficient (Wildman–Crippen LogP) is 5.17. The molecule has 0 bridgehead atoms. The van der Waals surface area contributed by atoms with E-state index >= 15 is 0 Å². The summed E-state index contributed by atoms with van der Waals surface area (Å²) in [7, 11) is 1.39. The number of hydrogen-bond donors (Lipinski definition) is 1. The molecule has 0 atom stereocenters. The molecule has 3 rings (SSSR count). The van der Waals surface area contributed by atoms with Gasteiger partial charge in [-0.05, 0) is 49.1 Å². The minimum absolute atomic E-state index is 0.178. The smallest absolute Gasteiger partial charge is 0.341 e. The lowest BCUT2D eigenvalue weighted by Crippen LogP contribution is -2.15. The van der Waals surface area contributed by atoms with Crippen molar-refractivity contribution in [1.29, 1.82) is 0 Å².